The van der Waals surface area contributed by atoms with Gasteiger partial charge in [0.1, 0.15) is 0 Å². The molecule has 0 radical (unpaired) electrons. The minimum atomic E-state index is 0.599. The predicted octanol–water partition coefficient (Wildman–Crippen LogP) is 5.39. The molecule has 2 aromatic heterocycles. The smallest absolute Gasteiger partial charge is 0.0351 e. The first-order valence-electron chi connectivity index (χ1n) is 7.03. The van der Waals surface area contributed by atoms with Gasteiger partial charge in [-0.1, -0.05) is 26.3 Å². The molecule has 2 aromatic rings. The molecule has 2 rings (SSSR count). The van der Waals surface area contributed by atoms with Crippen molar-refractivity contribution >= 4 is 22.7 Å². The van der Waals surface area contributed by atoms with Gasteiger partial charge < -0.3 is 5.32 Å². The molecule has 0 spiro atoms. The number of nitrogens with one attached hydrogen (secondary N) is 1. The van der Waals surface area contributed by atoms with Crippen molar-refractivity contribution in [2.24, 2.45) is 5.92 Å². The van der Waals surface area contributed by atoms with E-state index < -0.39 is 0 Å². The Morgan fingerprint density at radius 3 is 2.79 bits per heavy atom. The van der Waals surface area contributed by atoms with Gasteiger partial charge in [0.2, 0.25) is 0 Å². The highest BCUT2D eigenvalue weighted by Crippen LogP contribution is 2.29. The second-order valence-corrected chi connectivity index (χ2v) is 7.25. The van der Waals surface area contributed by atoms with Gasteiger partial charge in [-0.05, 0) is 42.2 Å². The molecule has 0 saturated heterocycles. The van der Waals surface area contributed by atoms with Crippen LogP contribution in [-0.4, -0.2) is 6.04 Å². The topological polar surface area (TPSA) is 12.0 Å². The van der Waals surface area contributed by atoms with Crippen LogP contribution >= 0.6 is 22.7 Å². The maximum atomic E-state index is 3.64. The van der Waals surface area contributed by atoms with Crippen molar-refractivity contribution in [1.82, 2.24) is 5.32 Å². The van der Waals surface area contributed by atoms with E-state index >= 15 is 0 Å². The fraction of sp³-hybridized carbons (Fsp3) is 0.500. The van der Waals surface area contributed by atoms with Crippen LogP contribution in [0.1, 0.15) is 38.5 Å². The SMILES string of the molecule is CCC(C)CC(C)NCc1cc(-c2cccs2)cs1. The molecule has 2 heterocycles. The summed E-state index contributed by atoms with van der Waals surface area (Å²) in [6.45, 7) is 7.88. The molecule has 3 heteroatoms. The molecule has 0 amide bonds. The molecule has 0 saturated carbocycles. The lowest BCUT2D eigenvalue weighted by molar-refractivity contribution is 0.413. The summed E-state index contributed by atoms with van der Waals surface area (Å²) in [7, 11) is 0. The summed E-state index contributed by atoms with van der Waals surface area (Å²) in [5.41, 5.74) is 1.37. The molecule has 0 aromatic carbocycles. The number of thiophene rings is 2. The fourth-order valence-corrected chi connectivity index (χ4v) is 3.80. The summed E-state index contributed by atoms with van der Waals surface area (Å²) in [5.74, 6) is 0.813. The molecule has 0 aliphatic rings. The van der Waals surface area contributed by atoms with Crippen molar-refractivity contribution in [2.75, 3.05) is 0 Å². The van der Waals surface area contributed by atoms with Crippen LogP contribution in [0.4, 0.5) is 0 Å². The summed E-state index contributed by atoms with van der Waals surface area (Å²) in [4.78, 5) is 2.80. The van der Waals surface area contributed by atoms with Crippen LogP contribution in [-0.2, 0) is 6.54 Å². The first kappa shape index (κ1) is 14.8. The van der Waals surface area contributed by atoms with Crippen LogP contribution in [0.15, 0.2) is 29.0 Å². The molecule has 1 N–H and O–H groups in total. The molecule has 0 aliphatic heterocycles. The average molecular weight is 294 g/mol. The van der Waals surface area contributed by atoms with Crippen molar-refractivity contribution in [2.45, 2.75) is 46.2 Å². The lowest BCUT2D eigenvalue weighted by Crippen LogP contribution is -2.26. The van der Waals surface area contributed by atoms with Gasteiger partial charge in [-0.25, -0.2) is 0 Å². The molecule has 104 valence electrons. The number of hydrogen-bond donors (Lipinski definition) is 1. The van der Waals surface area contributed by atoms with Gasteiger partial charge in [0.15, 0.2) is 0 Å². The Kier molecular flexibility index (Phi) is 5.61. The zero-order chi connectivity index (χ0) is 13.7. The first-order valence-corrected chi connectivity index (χ1v) is 8.79. The van der Waals surface area contributed by atoms with Crippen LogP contribution in [0.25, 0.3) is 10.4 Å². The summed E-state index contributed by atoms with van der Waals surface area (Å²) in [6, 6.07) is 7.22. The third kappa shape index (κ3) is 4.44. The molecular formula is C16H23NS2. The molecule has 19 heavy (non-hydrogen) atoms. The highest BCUT2D eigenvalue weighted by Gasteiger charge is 2.08. The second-order valence-electron chi connectivity index (χ2n) is 5.31. The lowest BCUT2D eigenvalue weighted by atomic mass is 10.0. The third-order valence-electron chi connectivity index (χ3n) is 3.54. The van der Waals surface area contributed by atoms with Crippen molar-refractivity contribution in [1.29, 1.82) is 0 Å². The van der Waals surface area contributed by atoms with Crippen molar-refractivity contribution in [3.05, 3.63) is 33.8 Å². The van der Waals surface area contributed by atoms with Gasteiger partial charge in [0.05, 0.1) is 0 Å². The Morgan fingerprint density at radius 2 is 2.11 bits per heavy atom. The molecule has 1 nitrogen and oxygen atoms in total. The summed E-state index contributed by atoms with van der Waals surface area (Å²) in [5, 5.41) is 8.04. The highest BCUT2D eigenvalue weighted by molar-refractivity contribution is 7.14. The summed E-state index contributed by atoms with van der Waals surface area (Å²) in [6.07, 6.45) is 2.53. The molecule has 2 unspecified atom stereocenters. The summed E-state index contributed by atoms with van der Waals surface area (Å²) < 4.78 is 0. The van der Waals surface area contributed by atoms with Crippen LogP contribution < -0.4 is 5.32 Å². The van der Waals surface area contributed by atoms with Crippen molar-refractivity contribution in [3.8, 4) is 10.4 Å². The Balaban J connectivity index is 1.84. The van der Waals surface area contributed by atoms with E-state index in [-0.39, 0.29) is 0 Å². The van der Waals surface area contributed by atoms with Crippen LogP contribution in [0.5, 0.6) is 0 Å². The molecule has 0 bridgehead atoms. The zero-order valence-corrected chi connectivity index (χ0v) is 13.6. The van der Waals surface area contributed by atoms with Crippen LogP contribution in [0, 0.1) is 5.92 Å². The maximum absolute atomic E-state index is 3.64. The van der Waals surface area contributed by atoms with E-state index in [4.69, 9.17) is 0 Å². The molecular weight excluding hydrogens is 270 g/mol. The summed E-state index contributed by atoms with van der Waals surface area (Å²) >= 11 is 3.67. The van der Waals surface area contributed by atoms with E-state index in [1.54, 1.807) is 0 Å². The number of rotatable bonds is 7. The van der Waals surface area contributed by atoms with E-state index in [0.717, 1.165) is 12.5 Å². The Hall–Kier alpha value is -0.640. The minimum absolute atomic E-state index is 0.599. The van der Waals surface area contributed by atoms with E-state index in [0.29, 0.717) is 6.04 Å². The van der Waals surface area contributed by atoms with E-state index in [2.05, 4.69) is 55.0 Å². The molecule has 2 atom stereocenters. The minimum Gasteiger partial charge on any atom is -0.309 e. The van der Waals surface area contributed by atoms with Crippen molar-refractivity contribution in [3.63, 3.8) is 0 Å². The quantitative estimate of drug-likeness (QED) is 0.721. The van der Waals surface area contributed by atoms with Crippen LogP contribution in [0.3, 0.4) is 0 Å². The monoisotopic (exact) mass is 293 g/mol. The van der Waals surface area contributed by atoms with Gasteiger partial charge in [-0.15, -0.1) is 22.7 Å². The highest BCUT2D eigenvalue weighted by atomic mass is 32.1. The van der Waals surface area contributed by atoms with Gasteiger partial charge in [-0.2, -0.15) is 0 Å². The average Bonchev–Trinajstić information content (AvgIpc) is 3.06. The Labute approximate surface area is 124 Å². The van der Waals surface area contributed by atoms with Gasteiger partial charge in [0, 0.05) is 27.9 Å². The van der Waals surface area contributed by atoms with E-state index in [1.165, 1.54) is 28.2 Å². The lowest BCUT2D eigenvalue weighted by Gasteiger charge is -2.16. The van der Waals surface area contributed by atoms with Gasteiger partial charge in [-0.3, -0.25) is 0 Å². The molecule has 0 fully saturated rings. The first-order chi connectivity index (χ1) is 9.19. The number of hydrogen-bond acceptors (Lipinski definition) is 3. The maximum Gasteiger partial charge on any atom is 0.0351 e. The largest absolute Gasteiger partial charge is 0.309 e. The van der Waals surface area contributed by atoms with Gasteiger partial charge >= 0.3 is 0 Å². The Bertz CT molecular complexity index is 473. The third-order valence-corrected chi connectivity index (χ3v) is 5.39. The zero-order valence-electron chi connectivity index (χ0n) is 12.0. The van der Waals surface area contributed by atoms with Gasteiger partial charge in [0.25, 0.3) is 0 Å². The standard InChI is InChI=1S/C16H23NS2/c1-4-12(2)8-13(3)17-10-15-9-14(11-19-15)16-6-5-7-18-16/h5-7,9,11-13,17H,4,8,10H2,1-3H3. The van der Waals surface area contributed by atoms with Crippen molar-refractivity contribution < 1.29 is 0 Å². The normalized spacial score (nSPS) is 14.5. The van der Waals surface area contributed by atoms with Crippen LogP contribution in [0.2, 0.25) is 0 Å². The Morgan fingerprint density at radius 1 is 1.26 bits per heavy atom. The van der Waals surface area contributed by atoms with E-state index in [9.17, 15) is 0 Å². The molecule has 0 aliphatic carbocycles. The predicted molar refractivity (Wildman–Crippen MR) is 88.0 cm³/mol. The fourth-order valence-electron chi connectivity index (χ4n) is 2.17. The second kappa shape index (κ2) is 7.22. The van der Waals surface area contributed by atoms with E-state index in [1.807, 2.05) is 22.7 Å².